The van der Waals surface area contributed by atoms with E-state index in [0.29, 0.717) is 57.3 Å². The summed E-state index contributed by atoms with van der Waals surface area (Å²) in [5, 5.41) is 6.91. The number of benzene rings is 2. The van der Waals surface area contributed by atoms with Crippen molar-refractivity contribution >= 4 is 50.7 Å². The summed E-state index contributed by atoms with van der Waals surface area (Å²) < 4.78 is 12.5. The number of rotatable bonds is 7. The molecule has 0 saturated carbocycles. The summed E-state index contributed by atoms with van der Waals surface area (Å²) in [5.74, 6) is 0.0470. The summed E-state index contributed by atoms with van der Waals surface area (Å²) in [6, 6.07) is 10.5. The molecule has 1 aliphatic heterocycles. The van der Waals surface area contributed by atoms with E-state index in [2.05, 4.69) is 54.3 Å². The first-order valence-corrected chi connectivity index (χ1v) is 15.4. The largest absolute Gasteiger partial charge is 0.490 e. The van der Waals surface area contributed by atoms with Crippen molar-refractivity contribution in [2.45, 2.75) is 66.2 Å². The molecule has 0 fully saturated rings. The Morgan fingerprint density at radius 1 is 0.952 bits per heavy atom. The minimum Gasteiger partial charge on any atom is -0.490 e. The average molecular weight is 656 g/mol. The fourth-order valence-corrected chi connectivity index (χ4v) is 6.95. The van der Waals surface area contributed by atoms with Gasteiger partial charge >= 0.3 is 0 Å². The van der Waals surface area contributed by atoms with Gasteiger partial charge in [-0.25, -0.2) is 0 Å². The van der Waals surface area contributed by atoms with Gasteiger partial charge in [-0.15, -0.1) is 0 Å². The molecule has 1 heterocycles. The van der Waals surface area contributed by atoms with E-state index < -0.39 is 5.92 Å². The molecule has 0 radical (unpaired) electrons. The molecule has 42 heavy (non-hydrogen) atoms. The molecule has 5 rings (SSSR count). The Bertz CT molecular complexity index is 1470. The Balaban J connectivity index is 1.52. The molecule has 3 aliphatic rings. The van der Waals surface area contributed by atoms with Crippen LogP contribution in [0.25, 0.3) is 0 Å². The highest BCUT2D eigenvalue weighted by molar-refractivity contribution is 9.10. The molecule has 0 bridgehead atoms. The number of nitrogens with one attached hydrogen (secondary N) is 2. The van der Waals surface area contributed by atoms with Crippen LogP contribution in [-0.4, -0.2) is 30.7 Å². The first-order chi connectivity index (χ1) is 19.8. The molecule has 0 unspecified atom stereocenters. The highest BCUT2D eigenvalue weighted by Gasteiger charge is 2.46. The van der Waals surface area contributed by atoms with Gasteiger partial charge in [0, 0.05) is 52.0 Å². The summed E-state index contributed by atoms with van der Waals surface area (Å²) >= 11 is 9.57. The van der Waals surface area contributed by atoms with Gasteiger partial charge in [0.25, 0.3) is 5.91 Å². The monoisotopic (exact) mass is 654 g/mol. The maximum absolute atomic E-state index is 13.7. The molecule has 0 aromatic heterocycles. The van der Waals surface area contributed by atoms with Gasteiger partial charge in [0.05, 0.1) is 11.1 Å². The van der Waals surface area contributed by atoms with E-state index in [1.165, 1.54) is 0 Å². The topological polar surface area (TPSA) is 93.7 Å². The zero-order valence-electron chi connectivity index (χ0n) is 24.6. The quantitative estimate of drug-likeness (QED) is 0.321. The zero-order chi connectivity index (χ0) is 30.4. The minimum absolute atomic E-state index is 0.0520. The van der Waals surface area contributed by atoms with E-state index >= 15 is 0 Å². The number of hydrogen-bond donors (Lipinski definition) is 2. The van der Waals surface area contributed by atoms with Crippen LogP contribution in [-0.2, 0) is 14.4 Å². The molecule has 2 aromatic carbocycles. The van der Waals surface area contributed by atoms with Crippen LogP contribution in [0, 0.1) is 10.8 Å². The molecule has 0 spiro atoms. The van der Waals surface area contributed by atoms with Crippen molar-refractivity contribution in [3.8, 4) is 11.5 Å². The Labute approximate surface area is 260 Å². The normalized spacial score (nSPS) is 19.6. The third-order valence-corrected chi connectivity index (χ3v) is 8.70. The molecule has 222 valence electrons. The fraction of sp³-hybridized carbons (Fsp3) is 0.424. The van der Waals surface area contributed by atoms with Gasteiger partial charge in [0.2, 0.25) is 0 Å². The van der Waals surface area contributed by atoms with E-state index in [4.69, 9.17) is 21.1 Å². The molecule has 2 aromatic rings. The lowest BCUT2D eigenvalue weighted by Crippen LogP contribution is -2.42. The lowest BCUT2D eigenvalue weighted by molar-refractivity contribution is -0.119. The number of dihydropyridines is 1. The predicted octanol–water partition coefficient (Wildman–Crippen LogP) is 7.49. The maximum atomic E-state index is 13.7. The highest BCUT2D eigenvalue weighted by atomic mass is 79.9. The van der Waals surface area contributed by atoms with Crippen LogP contribution in [0.2, 0.25) is 5.02 Å². The number of ketones is 2. The highest BCUT2D eigenvalue weighted by Crippen LogP contribution is 2.52. The number of carbonyl (C=O) groups excluding carboxylic acids is 3. The molecule has 0 saturated heterocycles. The van der Waals surface area contributed by atoms with Crippen LogP contribution in [0.1, 0.15) is 71.8 Å². The lowest BCUT2D eigenvalue weighted by atomic mass is 9.64. The van der Waals surface area contributed by atoms with E-state index in [1.807, 2.05) is 19.1 Å². The first kappa shape index (κ1) is 30.4. The third kappa shape index (κ3) is 6.30. The Morgan fingerprint density at radius 3 is 2.07 bits per heavy atom. The van der Waals surface area contributed by atoms with Crippen molar-refractivity contribution in [3.05, 3.63) is 74.0 Å². The third-order valence-electron chi connectivity index (χ3n) is 7.86. The molecular weight excluding hydrogens is 620 g/mol. The number of allylic oxidation sites excluding steroid dienone is 4. The summed E-state index contributed by atoms with van der Waals surface area (Å²) in [7, 11) is 0. The van der Waals surface area contributed by atoms with Crippen LogP contribution >= 0.6 is 27.5 Å². The van der Waals surface area contributed by atoms with Crippen LogP contribution in [0.5, 0.6) is 11.5 Å². The average Bonchev–Trinajstić information content (AvgIpc) is 2.87. The van der Waals surface area contributed by atoms with Crippen LogP contribution in [0.4, 0.5) is 5.69 Å². The van der Waals surface area contributed by atoms with Crippen molar-refractivity contribution < 1.29 is 23.9 Å². The van der Waals surface area contributed by atoms with E-state index in [0.717, 1.165) is 29.8 Å². The van der Waals surface area contributed by atoms with Crippen molar-refractivity contribution in [1.29, 1.82) is 0 Å². The Morgan fingerprint density at radius 2 is 1.52 bits per heavy atom. The molecule has 1 amide bonds. The van der Waals surface area contributed by atoms with Gasteiger partial charge in [-0.3, -0.25) is 14.4 Å². The van der Waals surface area contributed by atoms with Crippen molar-refractivity contribution in [2.24, 2.45) is 10.8 Å². The van der Waals surface area contributed by atoms with E-state index in [1.54, 1.807) is 24.3 Å². The summed E-state index contributed by atoms with van der Waals surface area (Å²) in [6.45, 7) is 10.4. The summed E-state index contributed by atoms with van der Waals surface area (Å²) in [4.78, 5) is 40.0. The van der Waals surface area contributed by atoms with E-state index in [-0.39, 0.29) is 34.9 Å². The standard InChI is InChI=1S/C33H36BrClN2O5/c1-6-41-26-12-18(11-21(34)31(26)42-17-27(40)36-20-9-7-19(35)8-10-20)28-29-22(13-32(2,3)15-24(29)38)37-23-14-33(4,5)16-25(39)30(23)28/h7-12,28,37H,6,13-17H2,1-5H3,(H,36,40). The SMILES string of the molecule is CCOc1cc(C2C3=C(CC(C)(C)CC3=O)NC3=C2C(=O)CC(C)(C)C3)cc(Br)c1OCC(=O)Nc1ccc(Cl)cc1. The Kier molecular flexibility index (Phi) is 8.33. The van der Waals surface area contributed by atoms with E-state index in [9.17, 15) is 14.4 Å². The van der Waals surface area contributed by atoms with Crippen LogP contribution in [0.15, 0.2) is 63.4 Å². The van der Waals surface area contributed by atoms with Crippen molar-refractivity contribution in [2.75, 3.05) is 18.5 Å². The van der Waals surface area contributed by atoms with Gasteiger partial charge < -0.3 is 20.1 Å². The number of ether oxygens (including phenoxy) is 2. The predicted molar refractivity (Wildman–Crippen MR) is 167 cm³/mol. The van der Waals surface area contributed by atoms with Crippen LogP contribution in [0.3, 0.4) is 0 Å². The summed E-state index contributed by atoms with van der Waals surface area (Å²) in [5.41, 5.74) is 4.14. The van der Waals surface area contributed by atoms with Gasteiger partial charge in [-0.2, -0.15) is 0 Å². The molecular formula is C33H36BrClN2O5. The van der Waals surface area contributed by atoms with Gasteiger partial charge in [0.15, 0.2) is 29.7 Å². The number of carbonyl (C=O) groups is 3. The summed E-state index contributed by atoms with van der Waals surface area (Å²) in [6.07, 6.45) is 2.27. The molecule has 2 aliphatic carbocycles. The van der Waals surface area contributed by atoms with Gasteiger partial charge in [-0.1, -0.05) is 39.3 Å². The zero-order valence-corrected chi connectivity index (χ0v) is 26.9. The smallest absolute Gasteiger partial charge is 0.262 e. The second-order valence-electron chi connectivity index (χ2n) is 12.8. The molecule has 9 heteroatoms. The number of anilines is 1. The Hall–Kier alpha value is -3.10. The molecule has 7 nitrogen and oxygen atoms in total. The number of hydrogen-bond acceptors (Lipinski definition) is 6. The second kappa shape index (κ2) is 11.5. The fourth-order valence-electron chi connectivity index (χ4n) is 6.25. The number of Topliss-reactive ketones (excluding diaryl/α,β-unsaturated/α-hetero) is 2. The molecule has 2 N–H and O–H groups in total. The maximum Gasteiger partial charge on any atom is 0.262 e. The van der Waals surface area contributed by atoms with Crippen molar-refractivity contribution in [3.63, 3.8) is 0 Å². The lowest BCUT2D eigenvalue weighted by Gasteiger charge is -2.44. The molecule has 0 atom stereocenters. The van der Waals surface area contributed by atoms with Crippen LogP contribution < -0.4 is 20.1 Å². The number of amides is 1. The number of halogens is 2. The minimum atomic E-state index is -0.513. The van der Waals surface area contributed by atoms with Gasteiger partial charge in [0.1, 0.15) is 0 Å². The van der Waals surface area contributed by atoms with Crippen molar-refractivity contribution in [1.82, 2.24) is 5.32 Å². The second-order valence-corrected chi connectivity index (χ2v) is 14.1. The first-order valence-electron chi connectivity index (χ1n) is 14.2. The van der Waals surface area contributed by atoms with Gasteiger partial charge in [-0.05, 0) is 88.5 Å².